The first-order valence-electron chi connectivity index (χ1n) is 5.66. The third-order valence-corrected chi connectivity index (χ3v) is 2.52. The van der Waals surface area contributed by atoms with Crippen LogP contribution in [0, 0.1) is 11.3 Å². The summed E-state index contributed by atoms with van der Waals surface area (Å²) in [5, 5.41) is 20.1. The highest BCUT2D eigenvalue weighted by Gasteiger charge is 2.34. The van der Waals surface area contributed by atoms with Gasteiger partial charge in [0.2, 0.25) is 0 Å². The average Bonchev–Trinajstić information content (AvgIpc) is 2.25. The van der Waals surface area contributed by atoms with Crippen LogP contribution in [0.3, 0.4) is 0 Å². The summed E-state index contributed by atoms with van der Waals surface area (Å²) in [6.45, 7) is 3.12. The zero-order chi connectivity index (χ0) is 15.6. The molecule has 1 aromatic rings. The van der Waals surface area contributed by atoms with Crippen molar-refractivity contribution in [2.24, 2.45) is 0 Å². The van der Waals surface area contributed by atoms with Crippen LogP contribution < -0.4 is 5.32 Å². The molecule has 0 atom stereocenters. The Balaban J connectivity index is 3.11. The van der Waals surface area contributed by atoms with E-state index in [1.807, 2.05) is 0 Å². The van der Waals surface area contributed by atoms with Gasteiger partial charge in [0.1, 0.15) is 0 Å². The van der Waals surface area contributed by atoms with E-state index in [2.05, 4.69) is 5.32 Å². The zero-order valence-corrected chi connectivity index (χ0v) is 10.9. The van der Waals surface area contributed by atoms with Gasteiger partial charge in [0, 0.05) is 11.2 Å². The van der Waals surface area contributed by atoms with Crippen LogP contribution in [0.4, 0.5) is 18.9 Å². The Hall–Kier alpha value is -2.23. The number of halogens is 3. The molecule has 0 spiro atoms. The number of anilines is 1. The van der Waals surface area contributed by atoms with Gasteiger partial charge in [0.25, 0.3) is 0 Å². The average molecular weight is 286 g/mol. The molecule has 0 saturated carbocycles. The van der Waals surface area contributed by atoms with Crippen LogP contribution in [0.1, 0.15) is 31.4 Å². The normalized spacial score (nSPS) is 11.8. The molecule has 4 nitrogen and oxygen atoms in total. The molecule has 0 aliphatic rings. The number of hydrogen-bond acceptors (Lipinski definition) is 3. The lowest BCUT2D eigenvalue weighted by atomic mass is 9.99. The first-order valence-corrected chi connectivity index (χ1v) is 5.66. The van der Waals surface area contributed by atoms with Crippen molar-refractivity contribution in [2.75, 3.05) is 5.32 Å². The number of benzene rings is 1. The van der Waals surface area contributed by atoms with Crippen LogP contribution in [-0.2, 0) is 11.0 Å². The topological polar surface area (TPSA) is 73.1 Å². The number of alkyl halides is 3. The molecule has 0 radical (unpaired) electrons. The van der Waals surface area contributed by atoms with Crippen molar-refractivity contribution in [1.82, 2.24) is 0 Å². The summed E-state index contributed by atoms with van der Waals surface area (Å²) in [6.07, 6.45) is -4.89. The van der Waals surface area contributed by atoms with Gasteiger partial charge >= 0.3 is 12.1 Å². The molecule has 20 heavy (non-hydrogen) atoms. The van der Waals surface area contributed by atoms with Crippen molar-refractivity contribution in [3.8, 4) is 6.07 Å². The third-order valence-electron chi connectivity index (χ3n) is 2.52. The molecule has 0 aliphatic carbocycles. The summed E-state index contributed by atoms with van der Waals surface area (Å²) < 4.78 is 38.4. The van der Waals surface area contributed by atoms with Gasteiger partial charge in [-0.2, -0.15) is 18.4 Å². The van der Waals surface area contributed by atoms with Crippen LogP contribution in [0.15, 0.2) is 18.2 Å². The van der Waals surface area contributed by atoms with Crippen molar-refractivity contribution in [2.45, 2.75) is 32.0 Å². The third kappa shape index (κ3) is 4.16. The van der Waals surface area contributed by atoms with Crippen LogP contribution in [0.2, 0.25) is 0 Å². The van der Waals surface area contributed by atoms with Gasteiger partial charge in [-0.15, -0.1) is 0 Å². The molecule has 0 unspecified atom stereocenters. The van der Waals surface area contributed by atoms with E-state index in [1.54, 1.807) is 13.8 Å². The van der Waals surface area contributed by atoms with Crippen molar-refractivity contribution in [3.63, 3.8) is 0 Å². The number of hydrogen-bond donors (Lipinski definition) is 2. The van der Waals surface area contributed by atoms with E-state index < -0.39 is 28.8 Å². The van der Waals surface area contributed by atoms with E-state index in [9.17, 15) is 18.0 Å². The number of nitrogens with one attached hydrogen (secondary N) is 1. The molecule has 0 amide bonds. The SMILES string of the molecule is CC(C)(CC(=O)O)Nc1ccc(C#N)c(C(F)(F)F)c1. The highest BCUT2D eigenvalue weighted by molar-refractivity contribution is 5.69. The second kappa shape index (κ2) is 5.41. The van der Waals surface area contributed by atoms with Crippen molar-refractivity contribution >= 4 is 11.7 Å². The maximum Gasteiger partial charge on any atom is 0.417 e. The Labute approximate surface area is 113 Å². The van der Waals surface area contributed by atoms with Crippen LogP contribution in [0.5, 0.6) is 0 Å². The van der Waals surface area contributed by atoms with Gasteiger partial charge in [0.05, 0.1) is 23.6 Å². The van der Waals surface area contributed by atoms with E-state index in [0.29, 0.717) is 0 Å². The highest BCUT2D eigenvalue weighted by atomic mass is 19.4. The summed E-state index contributed by atoms with van der Waals surface area (Å²) >= 11 is 0. The van der Waals surface area contributed by atoms with Gasteiger partial charge in [-0.3, -0.25) is 4.79 Å². The minimum Gasteiger partial charge on any atom is -0.481 e. The molecule has 0 heterocycles. The van der Waals surface area contributed by atoms with Crippen molar-refractivity contribution < 1.29 is 23.1 Å². The van der Waals surface area contributed by atoms with Gasteiger partial charge in [0.15, 0.2) is 0 Å². The second-order valence-electron chi connectivity index (χ2n) is 4.95. The standard InChI is InChI=1S/C13H13F3N2O2/c1-12(2,6-11(19)20)18-9-4-3-8(7-17)10(5-9)13(14,15)16/h3-5,18H,6H2,1-2H3,(H,19,20). The lowest BCUT2D eigenvalue weighted by Gasteiger charge is -2.26. The predicted octanol–water partition coefficient (Wildman–Crippen LogP) is 3.24. The van der Waals surface area contributed by atoms with E-state index >= 15 is 0 Å². The first kappa shape index (κ1) is 15.8. The summed E-state index contributed by atoms with van der Waals surface area (Å²) in [4.78, 5) is 10.7. The number of rotatable bonds is 4. The molecule has 0 fully saturated rings. The van der Waals surface area contributed by atoms with Crippen LogP contribution in [-0.4, -0.2) is 16.6 Å². The Bertz CT molecular complexity index is 560. The molecule has 108 valence electrons. The van der Waals surface area contributed by atoms with Gasteiger partial charge in [-0.25, -0.2) is 0 Å². The molecule has 0 saturated heterocycles. The van der Waals surface area contributed by atoms with E-state index in [1.165, 1.54) is 12.1 Å². The molecule has 0 aliphatic heterocycles. The maximum atomic E-state index is 12.8. The smallest absolute Gasteiger partial charge is 0.417 e. The van der Waals surface area contributed by atoms with Crippen molar-refractivity contribution in [1.29, 1.82) is 5.26 Å². The second-order valence-corrected chi connectivity index (χ2v) is 4.95. The molecular weight excluding hydrogens is 273 g/mol. The highest BCUT2D eigenvalue weighted by Crippen LogP contribution is 2.34. The van der Waals surface area contributed by atoms with Gasteiger partial charge < -0.3 is 10.4 Å². The van der Waals surface area contributed by atoms with Crippen molar-refractivity contribution in [3.05, 3.63) is 29.3 Å². The Morgan fingerprint density at radius 1 is 1.40 bits per heavy atom. The molecule has 2 N–H and O–H groups in total. The summed E-state index contributed by atoms with van der Waals surface area (Å²) in [7, 11) is 0. The molecular formula is C13H13F3N2O2. The van der Waals surface area contributed by atoms with Gasteiger partial charge in [-0.1, -0.05) is 0 Å². The fourth-order valence-electron chi connectivity index (χ4n) is 1.77. The van der Waals surface area contributed by atoms with Crippen LogP contribution >= 0.6 is 0 Å². The van der Waals surface area contributed by atoms with Crippen LogP contribution in [0.25, 0.3) is 0 Å². The monoisotopic (exact) mass is 286 g/mol. The quantitative estimate of drug-likeness (QED) is 0.891. The maximum absolute atomic E-state index is 12.8. The minimum atomic E-state index is -4.64. The lowest BCUT2D eigenvalue weighted by molar-refractivity contribution is -0.138. The Morgan fingerprint density at radius 3 is 2.45 bits per heavy atom. The van der Waals surface area contributed by atoms with E-state index in [4.69, 9.17) is 10.4 Å². The molecule has 0 bridgehead atoms. The molecule has 1 aromatic carbocycles. The number of carbonyl (C=O) groups is 1. The number of aliphatic carboxylic acids is 1. The fraction of sp³-hybridized carbons (Fsp3) is 0.385. The summed E-state index contributed by atoms with van der Waals surface area (Å²) in [6, 6.07) is 4.66. The summed E-state index contributed by atoms with van der Waals surface area (Å²) in [5.74, 6) is -1.06. The van der Waals surface area contributed by atoms with E-state index in [-0.39, 0.29) is 12.1 Å². The molecule has 0 aromatic heterocycles. The van der Waals surface area contributed by atoms with E-state index in [0.717, 1.165) is 12.1 Å². The lowest BCUT2D eigenvalue weighted by Crippen LogP contribution is -2.33. The zero-order valence-electron chi connectivity index (χ0n) is 10.9. The fourth-order valence-corrected chi connectivity index (χ4v) is 1.77. The number of nitriles is 1. The number of carboxylic acid groups (broad SMARTS) is 1. The Kier molecular flexibility index (Phi) is 4.28. The first-order chi connectivity index (χ1) is 9.05. The number of nitrogens with zero attached hydrogens (tertiary/aromatic N) is 1. The largest absolute Gasteiger partial charge is 0.481 e. The number of carboxylic acids is 1. The predicted molar refractivity (Wildman–Crippen MR) is 66.1 cm³/mol. The molecule has 1 rings (SSSR count). The molecule has 7 heteroatoms. The summed E-state index contributed by atoms with van der Waals surface area (Å²) in [5.41, 5.74) is -2.32. The minimum absolute atomic E-state index is 0.113. The van der Waals surface area contributed by atoms with Gasteiger partial charge in [-0.05, 0) is 32.0 Å². The Morgan fingerprint density at radius 2 is 2.00 bits per heavy atom.